The van der Waals surface area contributed by atoms with Crippen LogP contribution in [0.5, 0.6) is 5.75 Å². The molecule has 0 aliphatic rings. The number of halogens is 2. The highest BCUT2D eigenvalue weighted by molar-refractivity contribution is 6.32. The van der Waals surface area contributed by atoms with Crippen molar-refractivity contribution in [2.75, 3.05) is 12.4 Å². The van der Waals surface area contributed by atoms with Gasteiger partial charge in [-0.1, -0.05) is 35.3 Å². The van der Waals surface area contributed by atoms with Gasteiger partial charge in [-0.2, -0.15) is 4.68 Å². The lowest BCUT2D eigenvalue weighted by molar-refractivity contribution is 0.102. The number of ether oxygens (including phenoxy) is 1. The minimum Gasteiger partial charge on any atom is -0.495 e. The van der Waals surface area contributed by atoms with Crippen LogP contribution >= 0.6 is 23.2 Å². The van der Waals surface area contributed by atoms with Crippen LogP contribution in [0.2, 0.25) is 10.0 Å². The molecule has 3 aromatic carbocycles. The van der Waals surface area contributed by atoms with Gasteiger partial charge in [0.25, 0.3) is 5.91 Å². The molecule has 0 aliphatic heterocycles. The van der Waals surface area contributed by atoms with Crippen molar-refractivity contribution >= 4 is 45.6 Å². The standard InChI is InChI=1S/C19H13Cl2N5O3/c1-29-17-9-15(16(8-14(17)21)26-19(28)23-24-25-26)22-18(27)12-3-2-11-7-13(20)5-4-10(11)6-12/h2-9H,1H3,(H,22,27)(H,23,25,28). The Balaban J connectivity index is 1.75. The first-order valence-electron chi connectivity index (χ1n) is 8.35. The molecule has 0 fully saturated rings. The van der Waals surface area contributed by atoms with Crippen LogP contribution in [-0.4, -0.2) is 33.2 Å². The van der Waals surface area contributed by atoms with Crippen LogP contribution < -0.4 is 15.7 Å². The fourth-order valence-electron chi connectivity index (χ4n) is 2.88. The van der Waals surface area contributed by atoms with E-state index in [9.17, 15) is 9.59 Å². The van der Waals surface area contributed by atoms with Gasteiger partial charge < -0.3 is 10.1 Å². The lowest BCUT2D eigenvalue weighted by atomic mass is 10.1. The van der Waals surface area contributed by atoms with Gasteiger partial charge in [0.05, 0.1) is 23.5 Å². The zero-order valence-corrected chi connectivity index (χ0v) is 16.5. The maximum Gasteiger partial charge on any atom is 0.365 e. The van der Waals surface area contributed by atoms with Crippen molar-refractivity contribution in [1.82, 2.24) is 20.2 Å². The quantitative estimate of drug-likeness (QED) is 0.515. The summed E-state index contributed by atoms with van der Waals surface area (Å²) >= 11 is 12.2. The first-order chi connectivity index (χ1) is 14.0. The first-order valence-corrected chi connectivity index (χ1v) is 9.11. The molecule has 29 heavy (non-hydrogen) atoms. The molecule has 4 rings (SSSR count). The van der Waals surface area contributed by atoms with Crippen LogP contribution in [0.1, 0.15) is 10.4 Å². The Morgan fingerprint density at radius 1 is 1.10 bits per heavy atom. The van der Waals surface area contributed by atoms with Gasteiger partial charge in [-0.05, 0) is 51.5 Å². The number of carbonyl (C=O) groups excluding carboxylic acids is 1. The van der Waals surface area contributed by atoms with Crippen LogP contribution in [-0.2, 0) is 0 Å². The monoisotopic (exact) mass is 429 g/mol. The molecule has 10 heteroatoms. The molecule has 0 aliphatic carbocycles. The van der Waals surface area contributed by atoms with Crippen molar-refractivity contribution in [3.05, 3.63) is 74.6 Å². The number of nitrogens with zero attached hydrogens (tertiary/aromatic N) is 3. The van der Waals surface area contributed by atoms with E-state index in [1.165, 1.54) is 19.2 Å². The summed E-state index contributed by atoms with van der Waals surface area (Å²) in [5.41, 5.74) is 0.371. The molecule has 0 saturated carbocycles. The van der Waals surface area contributed by atoms with E-state index >= 15 is 0 Å². The molecular formula is C19H13Cl2N5O3. The summed E-state index contributed by atoms with van der Waals surface area (Å²) in [4.78, 5) is 24.8. The highest BCUT2D eigenvalue weighted by Crippen LogP contribution is 2.33. The number of rotatable bonds is 4. The Labute approximate surface area is 174 Å². The Kier molecular flexibility index (Phi) is 4.96. The molecule has 146 valence electrons. The lowest BCUT2D eigenvalue weighted by Crippen LogP contribution is -2.20. The average molecular weight is 430 g/mol. The van der Waals surface area contributed by atoms with E-state index in [0.717, 1.165) is 15.5 Å². The van der Waals surface area contributed by atoms with Crippen molar-refractivity contribution in [2.24, 2.45) is 0 Å². The summed E-state index contributed by atoms with van der Waals surface area (Å²) in [6.07, 6.45) is 0. The molecule has 1 heterocycles. The van der Waals surface area contributed by atoms with Crippen LogP contribution in [0, 0.1) is 0 Å². The molecule has 0 radical (unpaired) electrons. The van der Waals surface area contributed by atoms with Crippen molar-refractivity contribution in [1.29, 1.82) is 0 Å². The van der Waals surface area contributed by atoms with E-state index in [1.54, 1.807) is 18.2 Å². The van der Waals surface area contributed by atoms with E-state index in [4.69, 9.17) is 27.9 Å². The maximum absolute atomic E-state index is 12.9. The number of anilines is 1. The molecule has 1 aromatic heterocycles. The molecule has 0 spiro atoms. The number of aromatic nitrogens is 4. The van der Waals surface area contributed by atoms with Gasteiger partial charge in [0.1, 0.15) is 5.75 Å². The number of methoxy groups -OCH3 is 1. The zero-order chi connectivity index (χ0) is 20.5. The van der Waals surface area contributed by atoms with Gasteiger partial charge in [-0.3, -0.25) is 4.79 Å². The number of tetrazole rings is 1. The Bertz CT molecular complexity index is 1300. The van der Waals surface area contributed by atoms with E-state index in [-0.39, 0.29) is 22.3 Å². The normalized spacial score (nSPS) is 10.9. The summed E-state index contributed by atoms with van der Waals surface area (Å²) in [6, 6.07) is 13.6. The minimum absolute atomic E-state index is 0.246. The number of aromatic amines is 1. The van der Waals surface area contributed by atoms with Crippen LogP contribution in [0.25, 0.3) is 16.5 Å². The Hall–Kier alpha value is -3.36. The van der Waals surface area contributed by atoms with E-state index < -0.39 is 5.69 Å². The average Bonchev–Trinajstić information content (AvgIpc) is 3.14. The predicted molar refractivity (Wildman–Crippen MR) is 110 cm³/mol. The van der Waals surface area contributed by atoms with Gasteiger partial charge in [-0.15, -0.1) is 0 Å². The van der Waals surface area contributed by atoms with Gasteiger partial charge in [0.15, 0.2) is 0 Å². The Morgan fingerprint density at radius 3 is 2.59 bits per heavy atom. The molecular weight excluding hydrogens is 417 g/mol. The van der Waals surface area contributed by atoms with Gasteiger partial charge in [0.2, 0.25) is 0 Å². The number of hydrogen-bond acceptors (Lipinski definition) is 5. The fourth-order valence-corrected chi connectivity index (χ4v) is 3.30. The van der Waals surface area contributed by atoms with Crippen molar-refractivity contribution in [3.8, 4) is 11.4 Å². The second-order valence-electron chi connectivity index (χ2n) is 6.08. The highest BCUT2D eigenvalue weighted by atomic mass is 35.5. The fraction of sp³-hybridized carbons (Fsp3) is 0.0526. The number of amides is 1. The summed E-state index contributed by atoms with van der Waals surface area (Å²) < 4.78 is 6.21. The Morgan fingerprint density at radius 2 is 1.86 bits per heavy atom. The van der Waals surface area contributed by atoms with Crippen molar-refractivity contribution in [3.63, 3.8) is 0 Å². The van der Waals surface area contributed by atoms with Gasteiger partial charge in [0, 0.05) is 16.7 Å². The minimum atomic E-state index is -0.579. The summed E-state index contributed by atoms with van der Waals surface area (Å²) in [6.45, 7) is 0. The SMILES string of the molecule is COc1cc(NC(=O)c2ccc3cc(Cl)ccc3c2)c(-n2nn[nH]c2=O)cc1Cl. The molecule has 8 nitrogen and oxygen atoms in total. The number of benzene rings is 3. The topological polar surface area (TPSA) is 102 Å². The summed E-state index contributed by atoms with van der Waals surface area (Å²) in [7, 11) is 1.45. The van der Waals surface area contributed by atoms with E-state index in [0.29, 0.717) is 16.3 Å². The second-order valence-corrected chi connectivity index (χ2v) is 6.93. The number of carbonyl (C=O) groups is 1. The molecule has 0 unspecified atom stereocenters. The third-order valence-corrected chi connectivity index (χ3v) is 4.81. The van der Waals surface area contributed by atoms with Crippen LogP contribution in [0.4, 0.5) is 5.69 Å². The van der Waals surface area contributed by atoms with E-state index in [2.05, 4.69) is 20.8 Å². The largest absolute Gasteiger partial charge is 0.495 e. The van der Waals surface area contributed by atoms with Crippen LogP contribution in [0.15, 0.2) is 53.3 Å². The van der Waals surface area contributed by atoms with Crippen molar-refractivity contribution < 1.29 is 9.53 Å². The van der Waals surface area contributed by atoms with Crippen molar-refractivity contribution in [2.45, 2.75) is 0 Å². The first kappa shape index (κ1) is 19.0. The number of hydrogen-bond donors (Lipinski definition) is 2. The number of nitrogens with one attached hydrogen (secondary N) is 2. The molecule has 0 bridgehead atoms. The third-order valence-electron chi connectivity index (χ3n) is 4.28. The number of fused-ring (bicyclic) bond motifs is 1. The molecule has 2 N–H and O–H groups in total. The van der Waals surface area contributed by atoms with Crippen LogP contribution in [0.3, 0.4) is 0 Å². The lowest BCUT2D eigenvalue weighted by Gasteiger charge is -2.13. The molecule has 0 saturated heterocycles. The molecule has 0 atom stereocenters. The van der Waals surface area contributed by atoms with Gasteiger partial charge >= 0.3 is 5.69 Å². The summed E-state index contributed by atoms with van der Waals surface area (Å²) in [5, 5.41) is 14.8. The highest BCUT2D eigenvalue weighted by Gasteiger charge is 2.17. The third kappa shape index (κ3) is 3.67. The molecule has 1 amide bonds. The smallest absolute Gasteiger partial charge is 0.365 e. The van der Waals surface area contributed by atoms with Gasteiger partial charge in [-0.25, -0.2) is 9.89 Å². The molecule has 4 aromatic rings. The summed E-state index contributed by atoms with van der Waals surface area (Å²) in [5.74, 6) is -0.0561. The predicted octanol–water partition coefficient (Wildman–Crippen LogP) is 3.68. The maximum atomic E-state index is 12.9. The number of H-pyrrole nitrogens is 1. The van der Waals surface area contributed by atoms with E-state index in [1.807, 2.05) is 18.2 Å². The second kappa shape index (κ2) is 7.57. The zero-order valence-electron chi connectivity index (χ0n) is 14.9.